The van der Waals surface area contributed by atoms with Gasteiger partial charge >= 0.3 is 0 Å². The van der Waals surface area contributed by atoms with Gasteiger partial charge in [0.2, 0.25) is 0 Å². The first-order chi connectivity index (χ1) is 6.69. The second-order valence-corrected chi connectivity index (χ2v) is 4.80. The molecule has 0 aromatic rings. The number of nitrogens with one attached hydrogen (secondary N) is 1. The third kappa shape index (κ3) is 3.97. The van der Waals surface area contributed by atoms with Crippen LogP contribution >= 0.6 is 0 Å². The molecule has 1 aliphatic rings. The fourth-order valence-electron chi connectivity index (χ4n) is 1.57. The molecule has 1 saturated carbocycles. The van der Waals surface area contributed by atoms with Gasteiger partial charge in [0.05, 0.1) is 6.61 Å². The minimum absolute atomic E-state index is 0.587. The Bertz CT molecular complexity index is 154. The van der Waals surface area contributed by atoms with Crippen molar-refractivity contribution >= 4 is 0 Å². The summed E-state index contributed by atoms with van der Waals surface area (Å²) in [5.41, 5.74) is 0.587. The van der Waals surface area contributed by atoms with E-state index < -0.39 is 0 Å². The number of hydrogen-bond acceptors (Lipinski definition) is 2. The van der Waals surface area contributed by atoms with Crippen molar-refractivity contribution in [2.75, 3.05) is 19.8 Å². The summed E-state index contributed by atoms with van der Waals surface area (Å²) in [6, 6.07) is 0.650. The lowest BCUT2D eigenvalue weighted by molar-refractivity contribution is 0.129. The molecule has 0 saturated heterocycles. The van der Waals surface area contributed by atoms with Gasteiger partial charge in [-0.1, -0.05) is 20.3 Å². The van der Waals surface area contributed by atoms with Crippen molar-refractivity contribution in [3.8, 4) is 0 Å². The molecule has 0 aromatic heterocycles. The van der Waals surface area contributed by atoms with Crippen LogP contribution in [0, 0.1) is 5.41 Å². The Hall–Kier alpha value is -0.0800. The van der Waals surface area contributed by atoms with Crippen molar-refractivity contribution in [1.82, 2.24) is 5.32 Å². The number of unbranched alkanes of at least 4 members (excludes halogenated alkanes) is 1. The van der Waals surface area contributed by atoms with Gasteiger partial charge in [0.25, 0.3) is 0 Å². The smallest absolute Gasteiger partial charge is 0.0591 e. The molecule has 2 heteroatoms. The molecule has 1 unspecified atom stereocenters. The Morgan fingerprint density at radius 1 is 1.36 bits per heavy atom. The summed E-state index contributed by atoms with van der Waals surface area (Å²) in [5, 5.41) is 3.54. The molecular weight excluding hydrogens is 174 g/mol. The van der Waals surface area contributed by atoms with Crippen molar-refractivity contribution in [3.63, 3.8) is 0 Å². The molecule has 0 bridgehead atoms. The molecule has 1 fully saturated rings. The first kappa shape index (κ1) is 12.0. The summed E-state index contributed by atoms with van der Waals surface area (Å²) in [6.45, 7) is 9.63. The Morgan fingerprint density at radius 2 is 2.07 bits per heavy atom. The van der Waals surface area contributed by atoms with E-state index in [9.17, 15) is 0 Å². The molecule has 1 N–H and O–H groups in total. The van der Waals surface area contributed by atoms with E-state index in [1.54, 1.807) is 0 Å². The minimum Gasteiger partial charge on any atom is -0.380 e. The number of ether oxygens (including phenoxy) is 1. The van der Waals surface area contributed by atoms with Crippen LogP contribution < -0.4 is 5.32 Å². The quantitative estimate of drug-likeness (QED) is 0.607. The maximum atomic E-state index is 5.50. The van der Waals surface area contributed by atoms with Crippen molar-refractivity contribution in [2.45, 2.75) is 52.5 Å². The average Bonchev–Trinajstić information content (AvgIpc) is 2.91. The van der Waals surface area contributed by atoms with E-state index in [-0.39, 0.29) is 0 Å². The van der Waals surface area contributed by atoms with E-state index in [1.165, 1.54) is 25.7 Å². The zero-order valence-electron chi connectivity index (χ0n) is 9.94. The predicted molar refractivity (Wildman–Crippen MR) is 60.5 cm³/mol. The Balaban J connectivity index is 1.88. The molecule has 2 nitrogen and oxygen atoms in total. The summed E-state index contributed by atoms with van der Waals surface area (Å²) in [5.74, 6) is 0. The number of hydrogen-bond donors (Lipinski definition) is 1. The van der Waals surface area contributed by atoms with E-state index in [0.717, 1.165) is 19.8 Å². The molecule has 1 atom stereocenters. The first-order valence-electron chi connectivity index (χ1n) is 6.00. The van der Waals surface area contributed by atoms with Crippen molar-refractivity contribution in [2.24, 2.45) is 5.41 Å². The largest absolute Gasteiger partial charge is 0.380 e. The fraction of sp³-hybridized carbons (Fsp3) is 1.00. The maximum absolute atomic E-state index is 5.50. The second kappa shape index (κ2) is 5.72. The van der Waals surface area contributed by atoms with E-state index in [0.29, 0.717) is 11.5 Å². The van der Waals surface area contributed by atoms with Gasteiger partial charge in [0.15, 0.2) is 0 Å². The molecule has 0 spiro atoms. The van der Waals surface area contributed by atoms with Gasteiger partial charge in [-0.25, -0.2) is 0 Å². The van der Waals surface area contributed by atoms with Crippen molar-refractivity contribution < 1.29 is 4.74 Å². The summed E-state index contributed by atoms with van der Waals surface area (Å²) in [7, 11) is 0. The topological polar surface area (TPSA) is 21.3 Å². The number of rotatable bonds is 8. The van der Waals surface area contributed by atoms with E-state index >= 15 is 0 Å². The van der Waals surface area contributed by atoms with E-state index in [2.05, 4.69) is 26.1 Å². The molecule has 1 aliphatic carbocycles. The molecule has 0 aromatic carbocycles. The maximum Gasteiger partial charge on any atom is 0.0591 e. The van der Waals surface area contributed by atoms with Crippen molar-refractivity contribution in [3.05, 3.63) is 0 Å². The summed E-state index contributed by atoms with van der Waals surface area (Å²) in [4.78, 5) is 0. The van der Waals surface area contributed by atoms with Gasteiger partial charge in [-0.2, -0.15) is 0 Å². The standard InChI is InChI=1S/C12H25NO/c1-4-5-9-14-10-8-13-11(2)12(3)6-7-12/h11,13H,4-10H2,1-3H3. The zero-order chi connectivity index (χ0) is 10.4. The van der Waals surface area contributed by atoms with Crippen molar-refractivity contribution in [1.29, 1.82) is 0 Å². The third-order valence-corrected chi connectivity index (χ3v) is 3.42. The molecule has 84 valence electrons. The van der Waals surface area contributed by atoms with Gasteiger partial charge in [0.1, 0.15) is 0 Å². The van der Waals surface area contributed by atoms with Gasteiger partial charge < -0.3 is 10.1 Å². The van der Waals surface area contributed by atoms with Crippen LogP contribution in [0.4, 0.5) is 0 Å². The molecular formula is C12H25NO. The van der Waals surface area contributed by atoms with Crippen LogP contribution in [0.15, 0.2) is 0 Å². The van der Waals surface area contributed by atoms with Gasteiger partial charge in [-0.05, 0) is 31.6 Å². The van der Waals surface area contributed by atoms with Crippen LogP contribution in [0.3, 0.4) is 0 Å². The van der Waals surface area contributed by atoms with Crippen LogP contribution in [0.5, 0.6) is 0 Å². The fourth-order valence-corrected chi connectivity index (χ4v) is 1.57. The third-order valence-electron chi connectivity index (χ3n) is 3.42. The highest BCUT2D eigenvalue weighted by molar-refractivity contribution is 4.96. The Morgan fingerprint density at radius 3 is 2.64 bits per heavy atom. The highest BCUT2D eigenvalue weighted by Crippen LogP contribution is 2.47. The highest BCUT2D eigenvalue weighted by Gasteiger charge is 2.41. The van der Waals surface area contributed by atoms with Gasteiger partial charge in [0, 0.05) is 19.2 Å². The normalized spacial score (nSPS) is 20.8. The average molecular weight is 199 g/mol. The van der Waals surface area contributed by atoms with E-state index in [4.69, 9.17) is 4.74 Å². The predicted octanol–water partition coefficient (Wildman–Crippen LogP) is 2.58. The van der Waals surface area contributed by atoms with E-state index in [1.807, 2.05) is 0 Å². The lowest BCUT2D eigenvalue weighted by atomic mass is 10.0. The van der Waals surface area contributed by atoms with Gasteiger partial charge in [-0.15, -0.1) is 0 Å². The SMILES string of the molecule is CCCCOCCNC(C)C1(C)CC1. The van der Waals surface area contributed by atoms with Crippen LogP contribution in [-0.4, -0.2) is 25.8 Å². The van der Waals surface area contributed by atoms with Crippen LogP contribution in [-0.2, 0) is 4.74 Å². The van der Waals surface area contributed by atoms with Crippen LogP contribution in [0.2, 0.25) is 0 Å². The molecule has 0 aliphatic heterocycles. The Labute approximate surface area is 88.4 Å². The minimum atomic E-state index is 0.587. The van der Waals surface area contributed by atoms with Crippen LogP contribution in [0.1, 0.15) is 46.5 Å². The molecule has 1 rings (SSSR count). The summed E-state index contributed by atoms with van der Waals surface area (Å²) < 4.78 is 5.50. The molecule has 0 radical (unpaired) electrons. The molecule has 14 heavy (non-hydrogen) atoms. The molecule has 0 heterocycles. The second-order valence-electron chi connectivity index (χ2n) is 4.80. The monoisotopic (exact) mass is 199 g/mol. The lowest BCUT2D eigenvalue weighted by Crippen LogP contribution is -2.35. The van der Waals surface area contributed by atoms with Crippen LogP contribution in [0.25, 0.3) is 0 Å². The van der Waals surface area contributed by atoms with Gasteiger partial charge in [-0.3, -0.25) is 0 Å². The zero-order valence-corrected chi connectivity index (χ0v) is 9.94. The Kier molecular flexibility index (Phi) is 4.90. The summed E-state index contributed by atoms with van der Waals surface area (Å²) in [6.07, 6.45) is 5.19. The first-order valence-corrected chi connectivity index (χ1v) is 6.00. The lowest BCUT2D eigenvalue weighted by Gasteiger charge is -2.20. The highest BCUT2D eigenvalue weighted by atomic mass is 16.5. The molecule has 0 amide bonds. The summed E-state index contributed by atoms with van der Waals surface area (Å²) >= 11 is 0.